The Morgan fingerprint density at radius 1 is 1.04 bits per heavy atom. The van der Waals surface area contributed by atoms with Crippen LogP contribution < -0.4 is 4.74 Å². The van der Waals surface area contributed by atoms with Gasteiger partial charge in [0.05, 0.1) is 37.7 Å². The first-order chi connectivity index (χ1) is 13.2. The molecule has 0 N–H and O–H groups in total. The minimum atomic E-state index is -0.277. The molecule has 3 nitrogen and oxygen atoms in total. The third-order valence-corrected chi connectivity index (χ3v) is 6.33. The maximum Gasteiger partial charge on any atom is 0.133 e. The Hall–Kier alpha value is -2.04. The molecule has 1 heterocycles. The van der Waals surface area contributed by atoms with Gasteiger partial charge in [-0.05, 0) is 42.2 Å². The van der Waals surface area contributed by atoms with Gasteiger partial charge in [0, 0.05) is 15.3 Å². The fourth-order valence-electron chi connectivity index (χ4n) is 3.69. The van der Waals surface area contributed by atoms with Crippen LogP contribution in [0.3, 0.4) is 0 Å². The van der Waals surface area contributed by atoms with Gasteiger partial charge in [0.15, 0.2) is 0 Å². The van der Waals surface area contributed by atoms with Gasteiger partial charge in [0.2, 0.25) is 0 Å². The van der Waals surface area contributed by atoms with E-state index in [9.17, 15) is 0 Å². The highest BCUT2D eigenvalue weighted by Gasteiger charge is 2.42. The van der Waals surface area contributed by atoms with E-state index in [1.54, 1.807) is 18.9 Å². The first kappa shape index (κ1) is 19.7. The average molecular weight is 403 g/mol. The van der Waals surface area contributed by atoms with Gasteiger partial charge in [-0.1, -0.05) is 54.7 Å². The third-order valence-electron chi connectivity index (χ3n) is 4.91. The quantitative estimate of drug-likeness (QED) is 0.368. The predicted octanol–water partition coefficient (Wildman–Crippen LogP) is 6.20. The fraction of sp³-hybridized carbons (Fsp3) is 0.273. The van der Waals surface area contributed by atoms with Crippen molar-refractivity contribution in [1.82, 2.24) is 0 Å². The lowest BCUT2D eigenvalue weighted by molar-refractivity contribution is 0.179. The zero-order valence-electron chi connectivity index (χ0n) is 15.4. The Morgan fingerprint density at radius 2 is 1.74 bits per heavy atom. The molecule has 1 aliphatic heterocycles. The number of rotatable bonds is 9. The van der Waals surface area contributed by atoms with Crippen LogP contribution in [0, 0.1) is 0 Å². The Morgan fingerprint density at radius 3 is 2.37 bits per heavy atom. The minimum absolute atomic E-state index is 0.277. The lowest BCUT2D eigenvalue weighted by atomic mass is 9.69. The van der Waals surface area contributed by atoms with E-state index >= 15 is 0 Å². The summed E-state index contributed by atoms with van der Waals surface area (Å²) in [6.07, 6.45) is 4.55. The van der Waals surface area contributed by atoms with E-state index in [1.807, 2.05) is 24.3 Å². The van der Waals surface area contributed by atoms with Gasteiger partial charge in [-0.15, -0.1) is 0 Å². The van der Waals surface area contributed by atoms with E-state index in [0.717, 1.165) is 33.4 Å². The summed E-state index contributed by atoms with van der Waals surface area (Å²) in [5, 5.41) is 0.721. The number of hydrogen-bond acceptors (Lipinski definition) is 4. The first-order valence-electron chi connectivity index (χ1n) is 8.76. The topological polar surface area (TPSA) is 27.7 Å². The molecule has 142 valence electrons. The summed E-state index contributed by atoms with van der Waals surface area (Å²) in [7, 11) is 1.70. The van der Waals surface area contributed by atoms with Crippen LogP contribution in [0.2, 0.25) is 5.02 Å². The molecule has 2 aromatic carbocycles. The maximum absolute atomic E-state index is 6.30. The molecule has 27 heavy (non-hydrogen) atoms. The molecule has 0 bridgehead atoms. The monoisotopic (exact) mass is 402 g/mol. The standard InChI is InChI=1S/C22H23ClO3S/c1-4-25-13-11-22(12-14-26-5-2)17-10-9-16(23)15-20(17)27-21-18(22)7-6-8-19(21)24-3/h4-10,15H,1-2,11-14H2,3H3. The summed E-state index contributed by atoms with van der Waals surface area (Å²) in [6, 6.07) is 12.3. The molecule has 0 radical (unpaired) electrons. The van der Waals surface area contributed by atoms with Crippen molar-refractivity contribution in [2.45, 2.75) is 28.0 Å². The Balaban J connectivity index is 2.19. The van der Waals surface area contributed by atoms with E-state index in [1.165, 1.54) is 23.7 Å². The van der Waals surface area contributed by atoms with Crippen molar-refractivity contribution in [2.24, 2.45) is 0 Å². The Bertz CT molecular complexity index is 820. The van der Waals surface area contributed by atoms with Gasteiger partial charge in [0.25, 0.3) is 0 Å². The lowest BCUT2D eigenvalue weighted by Gasteiger charge is -2.41. The zero-order chi connectivity index (χ0) is 19.3. The molecule has 0 fully saturated rings. The van der Waals surface area contributed by atoms with Gasteiger partial charge in [-0.3, -0.25) is 0 Å². The van der Waals surface area contributed by atoms with Crippen molar-refractivity contribution in [1.29, 1.82) is 0 Å². The van der Waals surface area contributed by atoms with Crippen molar-refractivity contribution >= 4 is 23.4 Å². The van der Waals surface area contributed by atoms with Crippen LogP contribution in [0.15, 0.2) is 71.9 Å². The van der Waals surface area contributed by atoms with Gasteiger partial charge < -0.3 is 14.2 Å². The molecule has 0 saturated heterocycles. The Labute approximate surface area is 170 Å². The number of methoxy groups -OCH3 is 1. The minimum Gasteiger partial charge on any atom is -0.502 e. The largest absolute Gasteiger partial charge is 0.502 e. The van der Waals surface area contributed by atoms with Crippen LogP contribution in [-0.2, 0) is 14.9 Å². The molecule has 3 rings (SSSR count). The van der Waals surface area contributed by atoms with E-state index < -0.39 is 0 Å². The van der Waals surface area contributed by atoms with Crippen molar-refractivity contribution < 1.29 is 14.2 Å². The molecule has 0 amide bonds. The molecular formula is C22H23ClO3S. The van der Waals surface area contributed by atoms with Gasteiger partial charge in [-0.2, -0.15) is 0 Å². The second-order valence-corrected chi connectivity index (χ2v) is 7.73. The molecule has 2 aromatic rings. The second kappa shape index (κ2) is 8.77. The van der Waals surface area contributed by atoms with Crippen molar-refractivity contribution in [3.05, 3.63) is 78.2 Å². The summed E-state index contributed by atoms with van der Waals surface area (Å²) in [4.78, 5) is 2.25. The number of hydrogen-bond donors (Lipinski definition) is 0. The number of halogens is 1. The highest BCUT2D eigenvalue weighted by Crippen LogP contribution is 2.55. The second-order valence-electron chi connectivity index (χ2n) is 6.24. The molecule has 0 atom stereocenters. The van der Waals surface area contributed by atoms with Crippen molar-refractivity contribution in [3.8, 4) is 5.75 Å². The van der Waals surface area contributed by atoms with E-state index in [2.05, 4.69) is 25.3 Å². The molecule has 1 aliphatic rings. The van der Waals surface area contributed by atoms with Crippen LogP contribution in [0.1, 0.15) is 24.0 Å². The zero-order valence-corrected chi connectivity index (χ0v) is 16.9. The van der Waals surface area contributed by atoms with Crippen LogP contribution in [0.5, 0.6) is 5.75 Å². The molecule has 0 spiro atoms. The normalized spacial score (nSPS) is 13.9. The number of fused-ring (bicyclic) bond motifs is 2. The summed E-state index contributed by atoms with van der Waals surface area (Å²) in [6.45, 7) is 8.45. The highest BCUT2D eigenvalue weighted by atomic mass is 35.5. The molecule has 0 aliphatic carbocycles. The van der Waals surface area contributed by atoms with E-state index in [4.69, 9.17) is 25.8 Å². The van der Waals surface area contributed by atoms with Gasteiger partial charge >= 0.3 is 0 Å². The van der Waals surface area contributed by atoms with E-state index in [0.29, 0.717) is 13.2 Å². The fourth-order valence-corrected chi connectivity index (χ4v) is 5.33. The smallest absolute Gasteiger partial charge is 0.133 e. The van der Waals surface area contributed by atoms with Crippen LogP contribution >= 0.6 is 23.4 Å². The summed E-state index contributed by atoms with van der Waals surface area (Å²) in [5.74, 6) is 0.863. The molecule has 0 unspecified atom stereocenters. The average Bonchev–Trinajstić information content (AvgIpc) is 2.67. The Kier molecular flexibility index (Phi) is 6.40. The summed E-state index contributed by atoms with van der Waals surface area (Å²) >= 11 is 8.00. The number of ether oxygens (including phenoxy) is 3. The van der Waals surface area contributed by atoms with E-state index in [-0.39, 0.29) is 5.41 Å². The molecule has 0 aromatic heterocycles. The molecular weight excluding hydrogens is 380 g/mol. The van der Waals surface area contributed by atoms with Crippen LogP contribution in [-0.4, -0.2) is 20.3 Å². The SMILES string of the molecule is C=COCCC1(CCOC=C)c2ccc(Cl)cc2Sc2c(OC)cccc21. The third kappa shape index (κ3) is 3.83. The van der Waals surface area contributed by atoms with Crippen LogP contribution in [0.4, 0.5) is 0 Å². The highest BCUT2D eigenvalue weighted by molar-refractivity contribution is 7.99. The van der Waals surface area contributed by atoms with Crippen molar-refractivity contribution in [3.63, 3.8) is 0 Å². The van der Waals surface area contributed by atoms with Crippen molar-refractivity contribution in [2.75, 3.05) is 20.3 Å². The summed E-state index contributed by atoms with van der Waals surface area (Å²) < 4.78 is 16.7. The lowest BCUT2D eigenvalue weighted by Crippen LogP contribution is -2.34. The molecule has 0 saturated carbocycles. The first-order valence-corrected chi connectivity index (χ1v) is 9.96. The van der Waals surface area contributed by atoms with Crippen LogP contribution in [0.25, 0.3) is 0 Å². The number of benzene rings is 2. The van der Waals surface area contributed by atoms with Gasteiger partial charge in [-0.25, -0.2) is 0 Å². The maximum atomic E-state index is 6.30. The predicted molar refractivity (Wildman–Crippen MR) is 111 cm³/mol. The molecule has 5 heteroatoms. The summed E-state index contributed by atoms with van der Waals surface area (Å²) in [5.41, 5.74) is 2.18. The van der Waals surface area contributed by atoms with Gasteiger partial charge in [0.1, 0.15) is 5.75 Å².